The molecule has 1 fully saturated rings. The Kier molecular flexibility index (Phi) is 9.70. The maximum Gasteiger partial charge on any atom is 0.0547 e. The summed E-state index contributed by atoms with van der Waals surface area (Å²) in [4.78, 5) is 3.70. The third-order valence-electron chi connectivity index (χ3n) is 15.2. The van der Waals surface area contributed by atoms with E-state index in [1.54, 1.807) is 0 Å². The Bertz CT molecular complexity index is 3780. The van der Waals surface area contributed by atoms with Crippen LogP contribution in [0.15, 0.2) is 212 Å². The first-order valence-corrected chi connectivity index (χ1v) is 24.8. The van der Waals surface area contributed by atoms with Gasteiger partial charge in [-0.15, -0.1) is 11.3 Å². The van der Waals surface area contributed by atoms with Gasteiger partial charge in [0.1, 0.15) is 0 Å². The van der Waals surface area contributed by atoms with E-state index >= 15 is 0 Å². The Morgan fingerprint density at radius 3 is 1.71 bits per heavy atom. The number of hydrogen-bond acceptors (Lipinski definition) is 2. The first-order valence-electron chi connectivity index (χ1n) is 24.0. The predicted octanol–water partition coefficient (Wildman–Crippen LogP) is 18.1. The van der Waals surface area contributed by atoms with Crippen LogP contribution in [0.3, 0.4) is 0 Å². The number of nitrogens with zero attached hydrogens (tertiary/aromatic N) is 2. The summed E-state index contributed by atoms with van der Waals surface area (Å²) in [5.74, 6) is 1.25. The highest BCUT2D eigenvalue weighted by atomic mass is 32.1. The summed E-state index contributed by atoms with van der Waals surface area (Å²) in [6.45, 7) is 4.47. The number of aryl methyl sites for hydroxylation is 1. The molecule has 0 N–H and O–H groups in total. The summed E-state index contributed by atoms with van der Waals surface area (Å²) < 4.78 is 3.85. The minimum atomic E-state index is 0.612. The highest BCUT2D eigenvalue weighted by Gasteiger charge is 2.39. The molecule has 0 amide bonds. The molecule has 0 aliphatic heterocycles. The van der Waals surface area contributed by atoms with Crippen LogP contribution >= 0.6 is 11.3 Å². The van der Waals surface area contributed by atoms with Gasteiger partial charge in [0.05, 0.1) is 11.0 Å². The van der Waals surface area contributed by atoms with E-state index in [4.69, 9.17) is 0 Å². The molecule has 2 aliphatic rings. The summed E-state index contributed by atoms with van der Waals surface area (Å²) in [6.07, 6.45) is 4.91. The molecule has 2 aliphatic carbocycles. The van der Waals surface area contributed by atoms with E-state index < -0.39 is 0 Å². The van der Waals surface area contributed by atoms with Crippen LogP contribution in [0.5, 0.6) is 0 Å². The lowest BCUT2D eigenvalue weighted by Gasteiger charge is -2.43. The first-order chi connectivity index (χ1) is 33.4. The molecule has 68 heavy (non-hydrogen) atoms. The lowest BCUT2D eigenvalue weighted by atomic mass is 9.61. The summed E-state index contributed by atoms with van der Waals surface area (Å²) in [6, 6.07) is 77.0. The van der Waals surface area contributed by atoms with Crippen molar-refractivity contribution >= 4 is 55.0 Å². The van der Waals surface area contributed by atoms with Gasteiger partial charge in [0.25, 0.3) is 0 Å². The Balaban J connectivity index is 0.920. The molecule has 2 heterocycles. The average molecular weight is 891 g/mol. The van der Waals surface area contributed by atoms with Crippen molar-refractivity contribution in [2.75, 3.05) is 11.9 Å². The van der Waals surface area contributed by atoms with Crippen LogP contribution in [0.4, 0.5) is 5.69 Å². The molecular formula is C65H50N2S. The second-order valence-electron chi connectivity index (χ2n) is 18.9. The van der Waals surface area contributed by atoms with Crippen molar-refractivity contribution in [3.8, 4) is 61.3 Å². The van der Waals surface area contributed by atoms with Crippen molar-refractivity contribution in [1.29, 1.82) is 0 Å². The fourth-order valence-corrected chi connectivity index (χ4v) is 12.4. The van der Waals surface area contributed by atoms with Crippen LogP contribution in [-0.4, -0.2) is 11.6 Å². The van der Waals surface area contributed by atoms with Gasteiger partial charge in [-0.2, -0.15) is 0 Å². The molecule has 1 saturated carbocycles. The van der Waals surface area contributed by atoms with E-state index in [-0.39, 0.29) is 0 Å². The quantitative estimate of drug-likeness (QED) is 0.148. The van der Waals surface area contributed by atoms with Crippen molar-refractivity contribution < 1.29 is 0 Å². The van der Waals surface area contributed by atoms with Crippen molar-refractivity contribution in [2.45, 2.75) is 38.5 Å². The van der Waals surface area contributed by atoms with Crippen LogP contribution < -0.4 is 4.90 Å². The Labute approximate surface area is 402 Å². The number of aromatic nitrogens is 1. The van der Waals surface area contributed by atoms with Gasteiger partial charge in [-0.05, 0) is 148 Å². The van der Waals surface area contributed by atoms with Gasteiger partial charge in [-0.3, -0.25) is 0 Å². The van der Waals surface area contributed by atoms with Crippen molar-refractivity contribution in [2.24, 2.45) is 0 Å². The fourth-order valence-electron chi connectivity index (χ4n) is 11.4. The Hall–Kier alpha value is -7.72. The molecule has 2 nitrogen and oxygen atoms in total. The molecule has 0 radical (unpaired) electrons. The minimum Gasteiger partial charge on any atom is -0.348 e. The van der Waals surface area contributed by atoms with Crippen molar-refractivity contribution in [3.05, 3.63) is 234 Å². The zero-order chi connectivity index (χ0) is 45.5. The number of fused-ring (bicyclic) bond motifs is 10. The number of benzene rings is 9. The van der Waals surface area contributed by atoms with E-state index in [0.29, 0.717) is 11.8 Å². The van der Waals surface area contributed by atoms with E-state index in [1.165, 1.54) is 139 Å². The van der Waals surface area contributed by atoms with Crippen molar-refractivity contribution in [3.63, 3.8) is 0 Å². The second-order valence-corrected chi connectivity index (χ2v) is 20.2. The summed E-state index contributed by atoms with van der Waals surface area (Å²) in [5, 5.41) is 3.84. The van der Waals surface area contributed by atoms with Crippen LogP contribution in [-0.2, 0) is 0 Å². The van der Waals surface area contributed by atoms with Crippen LogP contribution in [0.1, 0.15) is 53.2 Å². The summed E-state index contributed by atoms with van der Waals surface area (Å²) >= 11 is 1.87. The Morgan fingerprint density at radius 1 is 0.485 bits per heavy atom. The van der Waals surface area contributed by atoms with Gasteiger partial charge in [-0.25, -0.2) is 0 Å². The highest BCUT2D eigenvalue weighted by molar-refractivity contribution is 7.19. The monoisotopic (exact) mass is 890 g/mol. The molecule has 326 valence electrons. The van der Waals surface area contributed by atoms with Gasteiger partial charge < -0.3 is 9.47 Å². The minimum absolute atomic E-state index is 0.612. The van der Waals surface area contributed by atoms with Gasteiger partial charge in [-0.1, -0.05) is 170 Å². The average Bonchev–Trinajstić information content (AvgIpc) is 3.88. The van der Waals surface area contributed by atoms with Crippen LogP contribution in [0.25, 0.3) is 99.3 Å². The fraction of sp³-hybridized carbons (Fsp3) is 0.108. The molecule has 9 aromatic carbocycles. The lowest BCUT2D eigenvalue weighted by molar-refractivity contribution is 0.343. The van der Waals surface area contributed by atoms with E-state index in [2.05, 4.69) is 243 Å². The maximum atomic E-state index is 2.53. The first kappa shape index (κ1) is 40.5. The molecule has 2 aromatic heterocycles. The molecule has 11 aromatic rings. The molecule has 13 rings (SSSR count). The van der Waals surface area contributed by atoms with Gasteiger partial charge >= 0.3 is 0 Å². The summed E-state index contributed by atoms with van der Waals surface area (Å²) in [5.41, 5.74) is 22.8. The summed E-state index contributed by atoms with van der Waals surface area (Å²) in [7, 11) is 2.21. The molecule has 0 bridgehead atoms. The third-order valence-corrected chi connectivity index (χ3v) is 16.3. The molecule has 3 heteroatoms. The van der Waals surface area contributed by atoms with Crippen LogP contribution in [0, 0.1) is 6.92 Å². The molecule has 0 spiro atoms. The Morgan fingerprint density at radius 2 is 1.03 bits per heavy atom. The van der Waals surface area contributed by atoms with E-state index in [9.17, 15) is 0 Å². The second kappa shape index (κ2) is 16.3. The SMILES string of the molecule is C/C(=C\c1c(C)sc2ccccc12)N(C)c1cc(-c2ccccc2)ccc1-c1ccc(-c2ccc3c4ccc(-c5ccccc5)cc4n(-c4ccc5c(c4)-c4ccccc4C4CCC54)c3c2)cc1. The topological polar surface area (TPSA) is 8.17 Å². The maximum absolute atomic E-state index is 2.53. The lowest BCUT2D eigenvalue weighted by Crippen LogP contribution is -2.26. The predicted molar refractivity (Wildman–Crippen MR) is 291 cm³/mol. The number of allylic oxidation sites excluding steroid dienone is 1. The van der Waals surface area contributed by atoms with Gasteiger partial charge in [0, 0.05) is 55.4 Å². The standard InChI is InChI=1S/C65H50N2S/c1-41(36-60-42(2)68-65-21-13-12-20-59(60)65)66(3)62-37-47(43-14-6-4-7-15-43)26-30-51(62)46-24-22-45(23-25-46)49-28-32-58-57-31-27-48(44-16-8-5-9-17-44)38-63(57)67(64(58)39-49)50-29-33-56-55-35-34-54(55)52-18-10-11-19-53(52)61(56)40-50/h4-33,36-40,54-55H,34-35H2,1-3H3/b41-36+. The number of thiophene rings is 1. The molecule has 0 saturated heterocycles. The third kappa shape index (κ3) is 6.67. The number of rotatable bonds is 8. The molecule has 2 atom stereocenters. The van der Waals surface area contributed by atoms with Crippen molar-refractivity contribution in [1.82, 2.24) is 4.57 Å². The zero-order valence-corrected chi connectivity index (χ0v) is 39.4. The van der Waals surface area contributed by atoms with Gasteiger partial charge in [0.15, 0.2) is 0 Å². The van der Waals surface area contributed by atoms with E-state index in [0.717, 1.165) is 0 Å². The smallest absolute Gasteiger partial charge is 0.0547 e. The molecule has 2 unspecified atom stereocenters. The van der Waals surface area contributed by atoms with Gasteiger partial charge in [0.2, 0.25) is 0 Å². The van der Waals surface area contributed by atoms with Crippen LogP contribution in [0.2, 0.25) is 0 Å². The number of hydrogen-bond donors (Lipinski definition) is 0. The molecular weight excluding hydrogens is 841 g/mol. The largest absolute Gasteiger partial charge is 0.348 e. The zero-order valence-electron chi connectivity index (χ0n) is 38.6. The highest BCUT2D eigenvalue weighted by Crippen LogP contribution is 2.57. The normalized spacial score (nSPS) is 15.2. The number of anilines is 1. The van der Waals surface area contributed by atoms with E-state index in [1.807, 2.05) is 11.3 Å².